The molecule has 2 rings (SSSR count). The Labute approximate surface area is 130 Å². The van der Waals surface area contributed by atoms with Crippen molar-refractivity contribution in [3.63, 3.8) is 0 Å². The zero-order chi connectivity index (χ0) is 17.1. The van der Waals surface area contributed by atoms with Gasteiger partial charge in [0.15, 0.2) is 12.5 Å². The summed E-state index contributed by atoms with van der Waals surface area (Å²) in [5, 5.41) is 61.1. The van der Waals surface area contributed by atoms with E-state index in [2.05, 4.69) is 10.0 Å². The average Bonchev–Trinajstić information content (AvgIpc) is 2.54. The monoisotopic (exact) mass is 337 g/mol. The molecule has 0 spiro atoms. The van der Waals surface area contributed by atoms with Crippen molar-refractivity contribution in [2.45, 2.75) is 55.2 Å². The predicted molar refractivity (Wildman–Crippen MR) is 69.5 cm³/mol. The van der Waals surface area contributed by atoms with E-state index in [4.69, 9.17) is 24.8 Å². The van der Waals surface area contributed by atoms with Crippen molar-refractivity contribution in [3.8, 4) is 0 Å². The van der Waals surface area contributed by atoms with Crippen LogP contribution in [0.15, 0.2) is 5.11 Å². The minimum absolute atomic E-state index is 0.281. The van der Waals surface area contributed by atoms with Gasteiger partial charge in [0.25, 0.3) is 0 Å². The highest BCUT2D eigenvalue weighted by atomic mass is 16.7. The Bertz CT molecular complexity index is 446. The first kappa shape index (κ1) is 18.3. The zero-order valence-corrected chi connectivity index (χ0v) is 11.9. The summed E-state index contributed by atoms with van der Waals surface area (Å²) in [5.74, 6) is 0. The van der Waals surface area contributed by atoms with Gasteiger partial charge in [-0.15, -0.1) is 0 Å². The molecule has 2 fully saturated rings. The van der Waals surface area contributed by atoms with Gasteiger partial charge in [-0.2, -0.15) is 0 Å². The maximum absolute atomic E-state index is 9.96. The van der Waals surface area contributed by atoms with Gasteiger partial charge in [-0.1, -0.05) is 5.11 Å². The van der Waals surface area contributed by atoms with E-state index in [-0.39, 0.29) is 6.61 Å². The van der Waals surface area contributed by atoms with Crippen molar-refractivity contribution in [3.05, 3.63) is 10.4 Å². The number of hydrogen-bond acceptors (Lipinski definition) is 10. The fourth-order valence-electron chi connectivity index (χ4n) is 2.40. The van der Waals surface area contributed by atoms with Crippen molar-refractivity contribution in [1.82, 2.24) is 0 Å². The molecule has 0 aromatic carbocycles. The van der Waals surface area contributed by atoms with Gasteiger partial charge in [0, 0.05) is 4.91 Å². The summed E-state index contributed by atoms with van der Waals surface area (Å²) < 4.78 is 15.4. The highest BCUT2D eigenvalue weighted by Crippen LogP contribution is 2.26. The summed E-state index contributed by atoms with van der Waals surface area (Å²) >= 11 is 0. The van der Waals surface area contributed by atoms with Crippen molar-refractivity contribution in [1.29, 1.82) is 0 Å². The Morgan fingerprint density at radius 1 is 1.04 bits per heavy atom. The molecule has 0 amide bonds. The first-order chi connectivity index (χ1) is 10.9. The lowest BCUT2D eigenvalue weighted by Crippen LogP contribution is -2.62. The van der Waals surface area contributed by atoms with Crippen LogP contribution in [-0.4, -0.2) is 99.1 Å². The fraction of sp³-hybridized carbons (Fsp3) is 1.00. The van der Waals surface area contributed by atoms with Crippen molar-refractivity contribution >= 4 is 0 Å². The van der Waals surface area contributed by atoms with Crippen LogP contribution >= 0.6 is 0 Å². The van der Waals surface area contributed by atoms with E-state index in [1.165, 1.54) is 0 Å². The molecular formula is C11H19N3O9. The van der Waals surface area contributed by atoms with Gasteiger partial charge in [-0.05, 0) is 5.53 Å². The minimum Gasteiger partial charge on any atom is -0.394 e. The molecule has 0 saturated carbocycles. The van der Waals surface area contributed by atoms with Crippen LogP contribution in [0.25, 0.3) is 10.4 Å². The Kier molecular flexibility index (Phi) is 6.11. The average molecular weight is 337 g/mol. The molecule has 132 valence electrons. The number of nitrogens with zero attached hydrogens (tertiary/aromatic N) is 3. The standard InChI is InChI=1S/C11H19N3O9/c12-14-13-10-8(19)6(17)4(2-21-10)23-11-9(20)7(18)5(16)3(1-15)22-11/h3-11,15-20H,1-2H2/t3-,4-,5+,6+,7+,8-,9-,10+,11+/m1/s1. The van der Waals surface area contributed by atoms with E-state index in [1.807, 2.05) is 0 Å². The smallest absolute Gasteiger partial charge is 0.187 e. The molecule has 2 aliphatic heterocycles. The van der Waals surface area contributed by atoms with Gasteiger partial charge in [-0.3, -0.25) is 0 Å². The van der Waals surface area contributed by atoms with Gasteiger partial charge >= 0.3 is 0 Å². The quantitative estimate of drug-likeness (QED) is 0.171. The van der Waals surface area contributed by atoms with E-state index in [9.17, 15) is 25.5 Å². The first-order valence-corrected chi connectivity index (χ1v) is 6.88. The van der Waals surface area contributed by atoms with E-state index in [0.717, 1.165) is 0 Å². The summed E-state index contributed by atoms with van der Waals surface area (Å²) in [6, 6.07) is 0. The van der Waals surface area contributed by atoms with Crippen molar-refractivity contribution in [2.24, 2.45) is 5.11 Å². The molecule has 2 saturated heterocycles. The maximum Gasteiger partial charge on any atom is 0.187 e. The van der Waals surface area contributed by atoms with Gasteiger partial charge in [-0.25, -0.2) is 0 Å². The van der Waals surface area contributed by atoms with E-state index in [1.54, 1.807) is 0 Å². The van der Waals surface area contributed by atoms with E-state index >= 15 is 0 Å². The van der Waals surface area contributed by atoms with Gasteiger partial charge in [0.05, 0.1) is 13.2 Å². The summed E-state index contributed by atoms with van der Waals surface area (Å²) in [4.78, 5) is 2.47. The van der Waals surface area contributed by atoms with Gasteiger partial charge in [0.1, 0.15) is 42.7 Å². The number of rotatable bonds is 4. The molecule has 0 unspecified atom stereocenters. The number of ether oxygens (including phenoxy) is 3. The summed E-state index contributed by atoms with van der Waals surface area (Å²) in [5.41, 5.74) is 8.32. The molecule has 12 heteroatoms. The minimum atomic E-state index is -1.65. The molecule has 0 bridgehead atoms. The molecule has 0 aromatic rings. The molecule has 0 radical (unpaired) electrons. The van der Waals surface area contributed by atoms with Crippen LogP contribution in [0.5, 0.6) is 0 Å². The lowest BCUT2D eigenvalue weighted by atomic mass is 9.99. The zero-order valence-electron chi connectivity index (χ0n) is 11.9. The number of hydrogen-bond donors (Lipinski definition) is 6. The Morgan fingerprint density at radius 2 is 1.74 bits per heavy atom. The van der Waals surface area contributed by atoms with Crippen LogP contribution in [0, 0.1) is 0 Å². The summed E-state index contributed by atoms with van der Waals surface area (Å²) in [7, 11) is 0. The third-order valence-corrected chi connectivity index (χ3v) is 3.78. The number of aliphatic hydroxyl groups is 6. The molecule has 2 heterocycles. The predicted octanol–water partition coefficient (Wildman–Crippen LogP) is -3.44. The highest BCUT2D eigenvalue weighted by Gasteiger charge is 2.47. The van der Waals surface area contributed by atoms with Crippen molar-refractivity contribution in [2.75, 3.05) is 13.2 Å². The molecule has 12 nitrogen and oxygen atoms in total. The van der Waals surface area contributed by atoms with Gasteiger partial charge in [0.2, 0.25) is 0 Å². The molecule has 0 aromatic heterocycles. The Balaban J connectivity index is 2.02. The van der Waals surface area contributed by atoms with Crippen LogP contribution in [0.3, 0.4) is 0 Å². The second-order valence-corrected chi connectivity index (χ2v) is 5.28. The lowest BCUT2D eigenvalue weighted by Gasteiger charge is -2.43. The molecule has 9 atom stereocenters. The SMILES string of the molecule is [N-]=[N+]=N[C@H]1OC[C@@H](O[C@@H]2O[C@H](CO)[C@H](O)[C@H](O)[C@H]2O)[C@H](O)[C@H]1O. The third kappa shape index (κ3) is 3.72. The second-order valence-electron chi connectivity index (χ2n) is 5.28. The molecule has 23 heavy (non-hydrogen) atoms. The van der Waals surface area contributed by atoms with Crippen LogP contribution in [-0.2, 0) is 14.2 Å². The third-order valence-electron chi connectivity index (χ3n) is 3.78. The molecular weight excluding hydrogens is 318 g/mol. The van der Waals surface area contributed by atoms with Crippen LogP contribution in [0.4, 0.5) is 0 Å². The highest BCUT2D eigenvalue weighted by molar-refractivity contribution is 4.91. The van der Waals surface area contributed by atoms with Crippen LogP contribution < -0.4 is 0 Å². The van der Waals surface area contributed by atoms with Crippen LogP contribution in [0.2, 0.25) is 0 Å². The van der Waals surface area contributed by atoms with E-state index in [0.29, 0.717) is 0 Å². The van der Waals surface area contributed by atoms with Crippen molar-refractivity contribution < 1.29 is 44.8 Å². The van der Waals surface area contributed by atoms with Crippen LogP contribution in [0.1, 0.15) is 0 Å². The topological polar surface area (TPSA) is 198 Å². The first-order valence-electron chi connectivity index (χ1n) is 6.88. The Hall–Kier alpha value is -1.05. The Morgan fingerprint density at radius 3 is 2.35 bits per heavy atom. The summed E-state index contributed by atoms with van der Waals surface area (Å²) in [6.45, 7) is -0.910. The van der Waals surface area contributed by atoms with Gasteiger partial charge < -0.3 is 44.8 Å². The maximum atomic E-state index is 9.96. The number of azide groups is 1. The van der Waals surface area contributed by atoms with E-state index < -0.39 is 61.9 Å². The second kappa shape index (κ2) is 7.68. The number of aliphatic hydroxyl groups excluding tert-OH is 6. The summed E-state index contributed by atoms with van der Waals surface area (Å²) in [6.07, 6.45) is -13.0. The molecule has 2 aliphatic rings. The fourth-order valence-corrected chi connectivity index (χ4v) is 2.40. The lowest BCUT2D eigenvalue weighted by molar-refractivity contribution is -0.331. The molecule has 6 N–H and O–H groups in total. The normalized spacial score (nSPS) is 47.8. The largest absolute Gasteiger partial charge is 0.394 e. The molecule has 0 aliphatic carbocycles.